The summed E-state index contributed by atoms with van der Waals surface area (Å²) in [4.78, 5) is 7.45. The summed E-state index contributed by atoms with van der Waals surface area (Å²) < 4.78 is 77.5. The standard InChI is InChI=1S/C10H12F3O5PS2/c1-2-20-8-5-3-4-7(10(11,12)13)9(8)21(16,17)18-6-19(14)15/h3-5,19H,2,6H2,1H3,(H,14,15). The van der Waals surface area contributed by atoms with Crippen LogP contribution in [0.4, 0.5) is 13.2 Å². The predicted octanol–water partition coefficient (Wildman–Crippen LogP) is 2.95. The van der Waals surface area contributed by atoms with Crippen molar-refractivity contribution in [3.05, 3.63) is 23.8 Å². The second-order valence-corrected chi connectivity index (χ2v) is 7.61. The molecule has 1 N–H and O–H groups in total. The Balaban J connectivity index is 3.46. The van der Waals surface area contributed by atoms with Crippen LogP contribution in [0.25, 0.3) is 0 Å². The van der Waals surface area contributed by atoms with E-state index in [-0.39, 0.29) is 4.90 Å². The topological polar surface area (TPSA) is 80.7 Å². The zero-order chi connectivity index (χ0) is 16.3. The number of alkyl halides is 3. The Kier molecular flexibility index (Phi) is 6.30. The lowest BCUT2D eigenvalue weighted by atomic mass is 10.2. The summed E-state index contributed by atoms with van der Waals surface area (Å²) in [6.45, 7) is 1.65. The molecule has 0 spiro atoms. The summed E-state index contributed by atoms with van der Waals surface area (Å²) in [5, 5.41) is 0. The lowest BCUT2D eigenvalue weighted by Gasteiger charge is -2.16. The van der Waals surface area contributed by atoms with Crippen LogP contribution in [0.2, 0.25) is 0 Å². The molecule has 5 nitrogen and oxygen atoms in total. The van der Waals surface area contributed by atoms with Crippen molar-refractivity contribution in [3.8, 4) is 0 Å². The summed E-state index contributed by atoms with van der Waals surface area (Å²) in [6, 6.07) is 2.94. The molecule has 0 fully saturated rings. The van der Waals surface area contributed by atoms with Crippen LogP contribution in [0.1, 0.15) is 12.5 Å². The number of halogens is 3. The van der Waals surface area contributed by atoms with E-state index in [0.29, 0.717) is 11.8 Å². The second-order valence-electron chi connectivity index (χ2n) is 3.67. The van der Waals surface area contributed by atoms with Gasteiger partial charge in [0.1, 0.15) is 11.2 Å². The van der Waals surface area contributed by atoms with E-state index >= 15 is 0 Å². The molecular formula is C10H12F3O5PS2. The molecule has 0 saturated carbocycles. The molecule has 11 heteroatoms. The minimum atomic E-state index is -4.89. The van der Waals surface area contributed by atoms with Gasteiger partial charge in [0.15, 0.2) is 0 Å². The largest absolute Gasteiger partial charge is 0.417 e. The molecule has 0 aliphatic heterocycles. The normalized spacial score (nSPS) is 14.1. The van der Waals surface area contributed by atoms with Crippen LogP contribution in [0.5, 0.6) is 0 Å². The van der Waals surface area contributed by atoms with Crippen molar-refractivity contribution in [1.82, 2.24) is 0 Å². The van der Waals surface area contributed by atoms with Crippen LogP contribution >= 0.6 is 19.8 Å². The minimum Gasteiger partial charge on any atom is -0.345 e. The monoisotopic (exact) mass is 364 g/mol. The highest BCUT2D eigenvalue weighted by Crippen LogP contribution is 2.40. The van der Waals surface area contributed by atoms with Gasteiger partial charge in [0.2, 0.25) is 8.03 Å². The van der Waals surface area contributed by atoms with Gasteiger partial charge >= 0.3 is 6.18 Å². The van der Waals surface area contributed by atoms with E-state index in [2.05, 4.69) is 4.18 Å². The van der Waals surface area contributed by atoms with Gasteiger partial charge in [-0.05, 0) is 17.9 Å². The molecule has 0 aliphatic carbocycles. The van der Waals surface area contributed by atoms with Gasteiger partial charge in [-0.2, -0.15) is 21.6 Å². The molecule has 0 aliphatic rings. The first-order chi connectivity index (χ1) is 9.59. The maximum absolute atomic E-state index is 13.0. The summed E-state index contributed by atoms with van der Waals surface area (Å²) in [6.07, 6.45) is -5.95. The fourth-order valence-corrected chi connectivity index (χ4v) is 4.57. The van der Waals surface area contributed by atoms with Gasteiger partial charge in [0.25, 0.3) is 10.1 Å². The highest BCUT2D eigenvalue weighted by atomic mass is 32.2. The van der Waals surface area contributed by atoms with Crippen LogP contribution in [0, 0.1) is 0 Å². The average molecular weight is 364 g/mol. The van der Waals surface area contributed by atoms with Gasteiger partial charge in [0, 0.05) is 4.90 Å². The SMILES string of the molecule is CCSc1cccc(C(F)(F)F)c1S(=O)(=O)OC[PH](=O)O. The van der Waals surface area contributed by atoms with Crippen LogP contribution in [-0.4, -0.2) is 25.4 Å². The Hall–Kier alpha value is -0.540. The second kappa shape index (κ2) is 7.15. The van der Waals surface area contributed by atoms with Crippen molar-refractivity contribution in [3.63, 3.8) is 0 Å². The molecule has 1 aromatic rings. The van der Waals surface area contributed by atoms with Gasteiger partial charge in [-0.15, -0.1) is 11.8 Å². The van der Waals surface area contributed by atoms with Gasteiger partial charge in [-0.1, -0.05) is 13.0 Å². The summed E-state index contributed by atoms with van der Waals surface area (Å²) in [5.74, 6) is 0.348. The van der Waals surface area contributed by atoms with Crippen LogP contribution in [-0.2, 0) is 25.0 Å². The molecule has 21 heavy (non-hydrogen) atoms. The predicted molar refractivity (Wildman–Crippen MR) is 72.2 cm³/mol. The molecular weight excluding hydrogens is 352 g/mol. The first-order valence-electron chi connectivity index (χ1n) is 5.53. The van der Waals surface area contributed by atoms with Gasteiger partial charge in [0.05, 0.1) is 5.56 Å². The third-order valence-corrected chi connectivity index (χ3v) is 5.21. The van der Waals surface area contributed by atoms with Crippen LogP contribution < -0.4 is 0 Å². The van der Waals surface area contributed by atoms with Gasteiger partial charge in [-0.3, -0.25) is 8.75 Å². The molecule has 120 valence electrons. The molecule has 1 atom stereocenters. The van der Waals surface area contributed by atoms with Gasteiger partial charge in [-0.25, -0.2) is 0 Å². The lowest BCUT2D eigenvalue weighted by Crippen LogP contribution is -2.16. The number of hydrogen-bond donors (Lipinski definition) is 1. The Morgan fingerprint density at radius 1 is 1.38 bits per heavy atom. The van der Waals surface area contributed by atoms with E-state index in [1.165, 1.54) is 6.07 Å². The van der Waals surface area contributed by atoms with Crippen LogP contribution in [0.15, 0.2) is 28.0 Å². The Morgan fingerprint density at radius 3 is 2.48 bits per heavy atom. The average Bonchev–Trinajstić information content (AvgIpc) is 2.35. The van der Waals surface area contributed by atoms with Crippen molar-refractivity contribution >= 4 is 29.9 Å². The van der Waals surface area contributed by atoms with E-state index < -0.39 is 41.1 Å². The Morgan fingerprint density at radius 2 is 2.00 bits per heavy atom. The maximum Gasteiger partial charge on any atom is 0.417 e. The minimum absolute atomic E-state index is 0.120. The number of rotatable bonds is 6. The number of benzene rings is 1. The quantitative estimate of drug-likeness (QED) is 0.475. The highest BCUT2D eigenvalue weighted by molar-refractivity contribution is 8.00. The summed E-state index contributed by atoms with van der Waals surface area (Å²) in [5.41, 5.74) is -1.36. The first-order valence-corrected chi connectivity index (χ1v) is 9.49. The van der Waals surface area contributed by atoms with E-state index in [4.69, 9.17) is 4.89 Å². The molecule has 0 amide bonds. The maximum atomic E-state index is 13.0. The van der Waals surface area contributed by atoms with E-state index in [0.717, 1.165) is 17.8 Å². The van der Waals surface area contributed by atoms with E-state index in [9.17, 15) is 26.2 Å². The van der Waals surface area contributed by atoms with Crippen molar-refractivity contribution in [2.24, 2.45) is 0 Å². The number of hydrogen-bond acceptors (Lipinski definition) is 5. The van der Waals surface area contributed by atoms with Crippen molar-refractivity contribution in [1.29, 1.82) is 0 Å². The van der Waals surface area contributed by atoms with Crippen LogP contribution in [0.3, 0.4) is 0 Å². The molecule has 1 unspecified atom stereocenters. The Labute approximate surface area is 124 Å². The molecule has 0 radical (unpaired) electrons. The van der Waals surface area contributed by atoms with E-state index in [1.807, 2.05) is 0 Å². The van der Waals surface area contributed by atoms with Crippen molar-refractivity contribution in [2.75, 3.05) is 12.1 Å². The molecule has 1 aromatic carbocycles. The van der Waals surface area contributed by atoms with Crippen molar-refractivity contribution < 1.29 is 35.2 Å². The smallest absolute Gasteiger partial charge is 0.345 e. The fourth-order valence-electron chi connectivity index (χ4n) is 1.45. The molecule has 0 aromatic heterocycles. The Bertz CT molecular complexity index is 630. The summed E-state index contributed by atoms with van der Waals surface area (Å²) in [7, 11) is -8.08. The lowest BCUT2D eigenvalue weighted by molar-refractivity contribution is -0.140. The van der Waals surface area contributed by atoms with Gasteiger partial charge < -0.3 is 4.89 Å². The molecule has 0 bridgehead atoms. The van der Waals surface area contributed by atoms with E-state index in [1.54, 1.807) is 6.92 Å². The third-order valence-electron chi connectivity index (χ3n) is 2.17. The third kappa shape index (κ3) is 5.00. The summed E-state index contributed by atoms with van der Waals surface area (Å²) >= 11 is 0.902. The fraction of sp³-hybridized carbons (Fsp3) is 0.400. The van der Waals surface area contributed by atoms with Crippen molar-refractivity contribution in [2.45, 2.75) is 22.9 Å². The molecule has 0 saturated heterocycles. The molecule has 0 heterocycles. The zero-order valence-electron chi connectivity index (χ0n) is 10.7. The molecule has 1 rings (SSSR count). The number of thioether (sulfide) groups is 1. The first kappa shape index (κ1) is 18.5. The zero-order valence-corrected chi connectivity index (χ0v) is 13.3. The highest BCUT2D eigenvalue weighted by Gasteiger charge is 2.39.